The molecule has 9 N–H and O–H groups in total. The van der Waals surface area contributed by atoms with Gasteiger partial charge < -0.3 is 70.8 Å². The summed E-state index contributed by atoms with van der Waals surface area (Å²) in [5.41, 5.74) is 0. The fraction of sp³-hybridized carbons (Fsp3) is 0.762. The summed E-state index contributed by atoms with van der Waals surface area (Å²) in [5, 5.41) is 48.8. The van der Waals surface area contributed by atoms with E-state index >= 15 is 0 Å². The first-order chi connectivity index (χ1) is 31.0. The molecular weight excluding hydrogens is 862 g/mol. The van der Waals surface area contributed by atoms with Gasteiger partial charge >= 0.3 is 23.9 Å². The topological polar surface area (TPSA) is 349 Å². The van der Waals surface area contributed by atoms with Crippen LogP contribution in [-0.4, -0.2) is 164 Å². The number of hydrogen-bond acceptors (Lipinski definition) is 14. The van der Waals surface area contributed by atoms with Gasteiger partial charge in [0.1, 0.15) is 37.1 Å². The summed E-state index contributed by atoms with van der Waals surface area (Å²) in [6.45, 7) is 1.38. The van der Waals surface area contributed by atoms with Crippen molar-refractivity contribution in [1.82, 2.24) is 26.6 Å². The Balaban J connectivity index is 3.89. The molecule has 23 nitrogen and oxygen atoms in total. The van der Waals surface area contributed by atoms with E-state index in [1.807, 2.05) is 0 Å². The second-order valence-electron chi connectivity index (χ2n) is 15.2. The van der Waals surface area contributed by atoms with E-state index in [0.717, 1.165) is 51.4 Å². The number of nitrogens with one attached hydrogen (secondary N) is 5. The predicted molar refractivity (Wildman–Crippen MR) is 229 cm³/mol. The number of ether oxygens (including phenoxy) is 4. The molecule has 0 aromatic rings. The number of amides is 5. The molecule has 0 aliphatic carbocycles. The fourth-order valence-corrected chi connectivity index (χ4v) is 5.85. The zero-order chi connectivity index (χ0) is 48.7. The molecule has 0 heterocycles. The highest BCUT2D eigenvalue weighted by Crippen LogP contribution is 2.12. The van der Waals surface area contributed by atoms with Gasteiger partial charge in [-0.2, -0.15) is 0 Å². The Kier molecular flexibility index (Phi) is 36.0. The Morgan fingerprint density at radius 1 is 0.385 bits per heavy atom. The minimum Gasteiger partial charge on any atom is -0.481 e. The smallest absolute Gasteiger partial charge is 0.326 e. The second kappa shape index (κ2) is 39.1. The van der Waals surface area contributed by atoms with Gasteiger partial charge in [0.25, 0.3) is 0 Å². The molecule has 3 atom stereocenters. The zero-order valence-corrected chi connectivity index (χ0v) is 37.5. The molecule has 0 aromatic heterocycles. The fourth-order valence-electron chi connectivity index (χ4n) is 5.85. The molecule has 0 aliphatic heterocycles. The van der Waals surface area contributed by atoms with Crippen LogP contribution in [0.3, 0.4) is 0 Å². The molecule has 0 bridgehead atoms. The molecule has 0 unspecified atom stereocenters. The van der Waals surface area contributed by atoms with Gasteiger partial charge in [0, 0.05) is 45.2 Å². The summed E-state index contributed by atoms with van der Waals surface area (Å²) in [6.07, 6.45) is 8.80. The molecule has 372 valence electrons. The molecule has 0 aliphatic rings. The molecular formula is C42H71N5O18. The number of ketones is 1. The van der Waals surface area contributed by atoms with Crippen LogP contribution in [-0.2, 0) is 66.9 Å². The van der Waals surface area contributed by atoms with E-state index in [1.54, 1.807) is 0 Å². The van der Waals surface area contributed by atoms with Gasteiger partial charge in [0.15, 0.2) is 0 Å². The number of carboxylic acid groups (broad SMARTS) is 4. The number of hydrogen-bond donors (Lipinski definition) is 9. The number of Topliss-reactive ketones (excluding diaryl/α,β-unsaturated/α-hetero) is 1. The molecule has 0 spiro atoms. The van der Waals surface area contributed by atoms with Crippen LogP contribution in [0.15, 0.2) is 0 Å². The molecule has 0 saturated carbocycles. The third-order valence-electron chi connectivity index (χ3n) is 9.40. The highest BCUT2D eigenvalue weighted by Gasteiger charge is 2.24. The molecule has 0 saturated heterocycles. The lowest BCUT2D eigenvalue weighted by Gasteiger charge is -2.16. The minimum atomic E-state index is -1.44. The summed E-state index contributed by atoms with van der Waals surface area (Å²) in [7, 11) is 0. The van der Waals surface area contributed by atoms with Gasteiger partial charge in [0.05, 0.1) is 39.6 Å². The van der Waals surface area contributed by atoms with Gasteiger partial charge in [-0.05, 0) is 39.0 Å². The molecule has 0 fully saturated rings. The van der Waals surface area contributed by atoms with Crippen LogP contribution in [0, 0.1) is 0 Å². The van der Waals surface area contributed by atoms with Crippen LogP contribution in [0.2, 0.25) is 0 Å². The molecule has 0 rings (SSSR count). The average molecular weight is 934 g/mol. The van der Waals surface area contributed by atoms with Crippen molar-refractivity contribution in [2.24, 2.45) is 0 Å². The molecule has 5 amide bonds. The van der Waals surface area contributed by atoms with Gasteiger partial charge in [-0.3, -0.25) is 28.8 Å². The minimum absolute atomic E-state index is 0.0262. The summed E-state index contributed by atoms with van der Waals surface area (Å²) in [6, 6.07) is -3.93. The monoisotopic (exact) mass is 933 g/mol. The molecule has 23 heteroatoms. The Morgan fingerprint density at radius 3 is 1.18 bits per heavy atom. The normalized spacial score (nSPS) is 12.3. The summed E-state index contributed by atoms with van der Waals surface area (Å²) >= 11 is 0. The number of unbranched alkanes of at least 4 members (excludes halogenated alkanes) is 9. The number of rotatable bonds is 44. The maximum Gasteiger partial charge on any atom is 0.326 e. The third-order valence-corrected chi connectivity index (χ3v) is 9.40. The maximum absolute atomic E-state index is 12.3. The standard InChI is InChI=1S/C42H71N5O18/c1-30(48)14-15-31(40(56)57)46-36(51)19-17-33(42(60)61)47-38(53)29-65-27-25-63-23-21-44-37(52)28-64-26-24-62-22-20-43-34(49)18-16-32(41(58)59)45-35(50)12-10-8-6-4-2-3-5-7-9-11-13-39(54)55/h31-33H,2-29H2,1H3,(H,43,49)(H,44,52)(H,45,50)(H,46,51)(H,47,53)(H,54,55)(H,56,57)(H,58,59)(H,60,61)/t31-,32-,33-/m0/s1. The first-order valence-corrected chi connectivity index (χ1v) is 22.1. The first kappa shape index (κ1) is 59.7. The number of carboxylic acids is 4. The number of carbonyl (C=O) groups is 10. The van der Waals surface area contributed by atoms with E-state index < -0.39 is 78.7 Å². The SMILES string of the molecule is CC(=O)CC[C@H](NC(=O)CC[C@H](NC(=O)COCCOCCNC(=O)COCCOCCNC(=O)CC[C@H](NC(=O)CCCCCCCCCCCCC(=O)O)C(=O)O)C(=O)O)C(=O)O. The summed E-state index contributed by atoms with van der Waals surface area (Å²) in [4.78, 5) is 117. The van der Waals surface area contributed by atoms with E-state index in [2.05, 4.69) is 26.6 Å². The van der Waals surface area contributed by atoms with Gasteiger partial charge in [-0.25, -0.2) is 14.4 Å². The van der Waals surface area contributed by atoms with Crippen LogP contribution in [0.4, 0.5) is 0 Å². The molecule has 0 aromatic carbocycles. The van der Waals surface area contributed by atoms with Gasteiger partial charge in [-0.1, -0.05) is 51.4 Å². The van der Waals surface area contributed by atoms with E-state index in [9.17, 15) is 63.3 Å². The quantitative estimate of drug-likeness (QED) is 0.0380. The molecule has 0 radical (unpaired) electrons. The predicted octanol–water partition coefficient (Wildman–Crippen LogP) is 0.689. The second-order valence-corrected chi connectivity index (χ2v) is 15.2. The highest BCUT2D eigenvalue weighted by molar-refractivity contribution is 5.87. The van der Waals surface area contributed by atoms with Crippen molar-refractivity contribution < 1.29 is 87.3 Å². The van der Waals surface area contributed by atoms with E-state index in [1.165, 1.54) is 6.92 Å². The van der Waals surface area contributed by atoms with E-state index in [-0.39, 0.29) is 116 Å². The highest BCUT2D eigenvalue weighted by atomic mass is 16.5. The van der Waals surface area contributed by atoms with Crippen LogP contribution in [0.1, 0.15) is 122 Å². The van der Waals surface area contributed by atoms with Crippen molar-refractivity contribution in [1.29, 1.82) is 0 Å². The van der Waals surface area contributed by atoms with Gasteiger partial charge in [0.2, 0.25) is 29.5 Å². The summed E-state index contributed by atoms with van der Waals surface area (Å²) < 4.78 is 21.1. The lowest BCUT2D eigenvalue weighted by molar-refractivity contribution is -0.144. The Bertz CT molecular complexity index is 1460. The van der Waals surface area contributed by atoms with Crippen molar-refractivity contribution >= 4 is 59.2 Å². The van der Waals surface area contributed by atoms with Crippen molar-refractivity contribution in [2.75, 3.05) is 65.9 Å². The average Bonchev–Trinajstić information content (AvgIpc) is 3.24. The largest absolute Gasteiger partial charge is 0.481 e. The van der Waals surface area contributed by atoms with Crippen LogP contribution in [0.25, 0.3) is 0 Å². The first-order valence-electron chi connectivity index (χ1n) is 22.1. The third kappa shape index (κ3) is 37.8. The molecule has 65 heavy (non-hydrogen) atoms. The summed E-state index contributed by atoms with van der Waals surface area (Å²) in [5.74, 6) is -7.68. The van der Waals surface area contributed by atoms with Crippen molar-refractivity contribution in [3.63, 3.8) is 0 Å². The lowest BCUT2D eigenvalue weighted by atomic mass is 10.0. The van der Waals surface area contributed by atoms with Crippen LogP contribution >= 0.6 is 0 Å². The number of aliphatic carboxylic acids is 4. The van der Waals surface area contributed by atoms with Crippen molar-refractivity contribution in [3.8, 4) is 0 Å². The Labute approximate surface area is 379 Å². The van der Waals surface area contributed by atoms with Crippen LogP contribution in [0.5, 0.6) is 0 Å². The number of carbonyl (C=O) groups excluding carboxylic acids is 6. The lowest BCUT2D eigenvalue weighted by Crippen LogP contribution is -2.45. The zero-order valence-electron chi connectivity index (χ0n) is 37.5. The van der Waals surface area contributed by atoms with E-state index in [0.29, 0.717) is 12.8 Å². The van der Waals surface area contributed by atoms with Gasteiger partial charge in [-0.15, -0.1) is 0 Å². The maximum atomic E-state index is 12.3. The van der Waals surface area contributed by atoms with E-state index in [4.69, 9.17) is 24.1 Å². The van der Waals surface area contributed by atoms with Crippen molar-refractivity contribution in [3.05, 3.63) is 0 Å². The van der Waals surface area contributed by atoms with Crippen LogP contribution < -0.4 is 26.6 Å². The Morgan fingerprint density at radius 2 is 0.738 bits per heavy atom. The van der Waals surface area contributed by atoms with Crippen molar-refractivity contribution in [2.45, 2.75) is 141 Å². The Hall–Kier alpha value is -5.26.